The summed E-state index contributed by atoms with van der Waals surface area (Å²) < 4.78 is 0. The fourth-order valence-corrected chi connectivity index (χ4v) is 4.13. The van der Waals surface area contributed by atoms with E-state index < -0.39 is 0 Å². The number of unbranched alkanes of at least 4 members (excludes halogenated alkanes) is 12. The molecule has 1 heteroatoms. The van der Waals surface area contributed by atoms with E-state index >= 15 is 0 Å². The lowest BCUT2D eigenvalue weighted by atomic mass is 9.98. The van der Waals surface area contributed by atoms with Crippen molar-refractivity contribution in [3.8, 4) is 5.75 Å². The van der Waals surface area contributed by atoms with Crippen LogP contribution < -0.4 is 0 Å². The number of aromatic hydroxyl groups is 1. The molecule has 0 amide bonds. The topological polar surface area (TPSA) is 20.2 Å². The molecule has 0 heterocycles. The summed E-state index contributed by atoms with van der Waals surface area (Å²) in [6, 6.07) is 12.1. The molecule has 0 fully saturated rings. The van der Waals surface area contributed by atoms with Gasteiger partial charge in [-0.3, -0.25) is 0 Å². The van der Waals surface area contributed by atoms with Gasteiger partial charge in [0.2, 0.25) is 0 Å². The van der Waals surface area contributed by atoms with E-state index in [2.05, 4.69) is 37.3 Å². The molecule has 0 spiro atoms. The van der Waals surface area contributed by atoms with E-state index in [1.165, 1.54) is 101 Å². The molecule has 2 rings (SSSR count). The Morgan fingerprint density at radius 1 is 0.621 bits per heavy atom. The minimum atomic E-state index is 0.394. The lowest BCUT2D eigenvalue weighted by Crippen LogP contribution is -1.89. The van der Waals surface area contributed by atoms with Crippen molar-refractivity contribution in [1.82, 2.24) is 0 Å². The number of hydrogen-bond acceptors (Lipinski definition) is 1. The van der Waals surface area contributed by atoms with Gasteiger partial charge in [0.25, 0.3) is 0 Å². The first kappa shape index (κ1) is 23.5. The SMILES string of the molecule is CCCCCCCCC=CCCCCCCCCc1ccc(O)c2ccccc12. The van der Waals surface area contributed by atoms with E-state index in [0.717, 1.165) is 11.8 Å². The van der Waals surface area contributed by atoms with Gasteiger partial charge in [0.15, 0.2) is 0 Å². The van der Waals surface area contributed by atoms with Crippen LogP contribution in [-0.2, 0) is 6.42 Å². The second-order valence-corrected chi connectivity index (χ2v) is 8.48. The third-order valence-electron chi connectivity index (χ3n) is 5.95. The summed E-state index contributed by atoms with van der Waals surface area (Å²) in [4.78, 5) is 0. The molecule has 0 aliphatic carbocycles. The molecule has 160 valence electrons. The Hall–Kier alpha value is -1.76. The summed E-state index contributed by atoms with van der Waals surface area (Å²) in [6.07, 6.45) is 24.8. The molecule has 0 atom stereocenters. The number of phenols is 1. The fraction of sp³-hybridized carbons (Fsp3) is 0.571. The van der Waals surface area contributed by atoms with Gasteiger partial charge in [-0.05, 0) is 55.5 Å². The predicted octanol–water partition coefficient (Wildman–Crippen LogP) is 9.13. The van der Waals surface area contributed by atoms with Gasteiger partial charge in [-0.15, -0.1) is 0 Å². The highest BCUT2D eigenvalue weighted by Crippen LogP contribution is 2.28. The molecule has 0 unspecified atom stereocenters. The number of fused-ring (bicyclic) bond motifs is 1. The first-order chi connectivity index (χ1) is 14.3. The Bertz CT molecular complexity index is 701. The Morgan fingerprint density at radius 3 is 1.83 bits per heavy atom. The van der Waals surface area contributed by atoms with Crippen molar-refractivity contribution in [3.05, 3.63) is 54.1 Å². The first-order valence-corrected chi connectivity index (χ1v) is 12.2. The van der Waals surface area contributed by atoms with Gasteiger partial charge < -0.3 is 5.11 Å². The summed E-state index contributed by atoms with van der Waals surface area (Å²) in [6.45, 7) is 2.28. The summed E-state index contributed by atoms with van der Waals surface area (Å²) in [7, 11) is 0. The maximum atomic E-state index is 10.0. The van der Waals surface area contributed by atoms with E-state index in [0.29, 0.717) is 5.75 Å². The van der Waals surface area contributed by atoms with Crippen LogP contribution >= 0.6 is 0 Å². The minimum absolute atomic E-state index is 0.394. The summed E-state index contributed by atoms with van der Waals surface area (Å²) in [5, 5.41) is 12.2. The third-order valence-corrected chi connectivity index (χ3v) is 5.95. The van der Waals surface area contributed by atoms with Crippen LogP contribution in [0.1, 0.15) is 102 Å². The highest BCUT2D eigenvalue weighted by molar-refractivity contribution is 5.90. The Labute approximate surface area is 179 Å². The van der Waals surface area contributed by atoms with Crippen molar-refractivity contribution >= 4 is 10.8 Å². The minimum Gasteiger partial charge on any atom is -0.507 e. The van der Waals surface area contributed by atoms with E-state index in [-0.39, 0.29) is 0 Å². The molecule has 0 aliphatic heterocycles. The zero-order chi connectivity index (χ0) is 20.6. The highest BCUT2D eigenvalue weighted by atomic mass is 16.3. The molecule has 0 radical (unpaired) electrons. The monoisotopic (exact) mass is 394 g/mol. The molecule has 0 aliphatic rings. The maximum Gasteiger partial charge on any atom is 0.123 e. The molecule has 0 aromatic heterocycles. The molecular weight excluding hydrogens is 352 g/mol. The summed E-state index contributed by atoms with van der Waals surface area (Å²) in [5.41, 5.74) is 1.37. The van der Waals surface area contributed by atoms with Crippen LogP contribution in [0.2, 0.25) is 0 Å². The molecule has 2 aromatic carbocycles. The predicted molar refractivity (Wildman–Crippen MR) is 129 cm³/mol. The van der Waals surface area contributed by atoms with Crippen LogP contribution in [0, 0.1) is 0 Å². The second-order valence-electron chi connectivity index (χ2n) is 8.48. The third kappa shape index (κ3) is 9.52. The van der Waals surface area contributed by atoms with Crippen LogP contribution in [0.4, 0.5) is 0 Å². The zero-order valence-electron chi connectivity index (χ0n) is 18.7. The molecule has 29 heavy (non-hydrogen) atoms. The average molecular weight is 395 g/mol. The molecule has 1 N–H and O–H groups in total. The molecular formula is C28H42O. The largest absolute Gasteiger partial charge is 0.507 e. The second kappa shape index (κ2) is 15.1. The molecule has 2 aromatic rings. The van der Waals surface area contributed by atoms with Crippen LogP contribution in [0.3, 0.4) is 0 Å². The van der Waals surface area contributed by atoms with Crippen molar-refractivity contribution in [1.29, 1.82) is 0 Å². The van der Waals surface area contributed by atoms with E-state index in [1.54, 1.807) is 0 Å². The van der Waals surface area contributed by atoms with Crippen molar-refractivity contribution in [2.75, 3.05) is 0 Å². The maximum absolute atomic E-state index is 10.0. The fourth-order valence-electron chi connectivity index (χ4n) is 4.13. The number of phenolic OH excluding ortho intramolecular Hbond substituents is 1. The van der Waals surface area contributed by atoms with Gasteiger partial charge in [0, 0.05) is 5.39 Å². The number of aryl methyl sites for hydroxylation is 1. The standard InChI is InChI=1S/C28H42O/c1-2-3-4-5-6-7-8-9-10-11-12-13-14-15-16-17-20-25-23-24-28(29)27-22-19-18-21-26(25)27/h9-10,18-19,21-24,29H,2-8,11-17,20H2,1H3. The van der Waals surface area contributed by atoms with Gasteiger partial charge in [-0.25, -0.2) is 0 Å². The lowest BCUT2D eigenvalue weighted by molar-refractivity contribution is 0.481. The van der Waals surface area contributed by atoms with E-state index in [4.69, 9.17) is 0 Å². The zero-order valence-corrected chi connectivity index (χ0v) is 18.7. The van der Waals surface area contributed by atoms with Gasteiger partial charge in [0.05, 0.1) is 0 Å². The van der Waals surface area contributed by atoms with Crippen molar-refractivity contribution in [2.45, 2.75) is 103 Å². The van der Waals surface area contributed by atoms with Gasteiger partial charge >= 0.3 is 0 Å². The quantitative estimate of drug-likeness (QED) is 0.222. The molecule has 0 bridgehead atoms. The highest BCUT2D eigenvalue weighted by Gasteiger charge is 2.04. The van der Waals surface area contributed by atoms with Gasteiger partial charge in [-0.2, -0.15) is 0 Å². The average Bonchev–Trinajstić information content (AvgIpc) is 2.75. The summed E-state index contributed by atoms with van der Waals surface area (Å²) in [5.74, 6) is 0.394. The van der Waals surface area contributed by atoms with Crippen LogP contribution in [-0.4, -0.2) is 5.11 Å². The number of hydrogen-bond donors (Lipinski definition) is 1. The Kier molecular flexibility index (Phi) is 12.3. The van der Waals surface area contributed by atoms with Gasteiger partial charge in [-0.1, -0.05) is 107 Å². The number of benzene rings is 2. The lowest BCUT2D eigenvalue weighted by Gasteiger charge is -2.08. The first-order valence-electron chi connectivity index (χ1n) is 12.2. The van der Waals surface area contributed by atoms with E-state index in [1.807, 2.05) is 18.2 Å². The Morgan fingerprint density at radius 2 is 1.17 bits per heavy atom. The Balaban J connectivity index is 1.45. The number of rotatable bonds is 16. The molecule has 0 saturated carbocycles. The van der Waals surface area contributed by atoms with E-state index in [9.17, 15) is 5.11 Å². The van der Waals surface area contributed by atoms with Crippen LogP contribution in [0.5, 0.6) is 5.75 Å². The molecule has 0 saturated heterocycles. The van der Waals surface area contributed by atoms with Crippen LogP contribution in [0.15, 0.2) is 48.6 Å². The molecule has 1 nitrogen and oxygen atoms in total. The number of allylic oxidation sites excluding steroid dienone is 2. The van der Waals surface area contributed by atoms with Gasteiger partial charge in [0.1, 0.15) is 5.75 Å². The smallest absolute Gasteiger partial charge is 0.123 e. The van der Waals surface area contributed by atoms with Crippen LogP contribution in [0.25, 0.3) is 10.8 Å². The normalized spacial score (nSPS) is 11.6. The summed E-state index contributed by atoms with van der Waals surface area (Å²) >= 11 is 0. The van der Waals surface area contributed by atoms with Crippen molar-refractivity contribution in [2.24, 2.45) is 0 Å². The van der Waals surface area contributed by atoms with Crippen molar-refractivity contribution < 1.29 is 5.11 Å². The van der Waals surface area contributed by atoms with Crippen molar-refractivity contribution in [3.63, 3.8) is 0 Å².